The molecule has 7 nitrogen and oxygen atoms in total. The molecule has 166 valence electrons. The summed E-state index contributed by atoms with van der Waals surface area (Å²) in [5, 5.41) is 5.50. The highest BCUT2D eigenvalue weighted by molar-refractivity contribution is 6.39. The molecule has 4 N–H and O–H groups in total. The number of amides is 2. The molecule has 2 amide bonds. The number of rotatable bonds is 7. The fourth-order valence-electron chi connectivity index (χ4n) is 3.91. The number of aryl methyl sites for hydroxylation is 1. The van der Waals surface area contributed by atoms with Crippen LogP contribution in [-0.4, -0.2) is 58.2 Å². The van der Waals surface area contributed by atoms with Gasteiger partial charge in [0.05, 0.1) is 20.2 Å². The quantitative estimate of drug-likeness (QED) is 0.456. The predicted octanol–water partition coefficient (Wildman–Crippen LogP) is -0.397. The highest BCUT2D eigenvalue weighted by atomic mass is 16.5. The van der Waals surface area contributed by atoms with Gasteiger partial charge in [-0.25, -0.2) is 0 Å². The third kappa shape index (κ3) is 6.54. The van der Waals surface area contributed by atoms with Gasteiger partial charge in [-0.2, -0.15) is 0 Å². The zero-order valence-electron chi connectivity index (χ0n) is 18.7. The predicted molar refractivity (Wildman–Crippen MR) is 120 cm³/mol. The van der Waals surface area contributed by atoms with E-state index in [1.807, 2.05) is 6.92 Å². The van der Waals surface area contributed by atoms with Gasteiger partial charge in [-0.3, -0.25) is 9.59 Å². The van der Waals surface area contributed by atoms with Crippen LogP contribution in [-0.2, 0) is 9.59 Å². The number of hydrogen-bond donors (Lipinski definition) is 4. The van der Waals surface area contributed by atoms with Crippen molar-refractivity contribution in [1.29, 1.82) is 0 Å². The lowest BCUT2D eigenvalue weighted by molar-refractivity contribution is -1.02. The Morgan fingerprint density at radius 1 is 0.968 bits per heavy atom. The second-order valence-electron chi connectivity index (χ2n) is 8.20. The Morgan fingerprint density at radius 3 is 2.23 bits per heavy atom. The first kappa shape index (κ1) is 22.8. The number of likely N-dealkylation sites (N-methyl/N-ethyl adjacent to an activating group) is 1. The van der Waals surface area contributed by atoms with Crippen LogP contribution in [0.3, 0.4) is 0 Å². The SMILES string of the molecule is CCOc1ccc(NC(=O)C(=O)NC[C@H](c2ccc(C)cc2)[NH+]2CC[NH+](C)CC2)cc1. The average Bonchev–Trinajstić information content (AvgIpc) is 2.77. The molecule has 7 heteroatoms. The molecule has 0 bridgehead atoms. The van der Waals surface area contributed by atoms with Crippen molar-refractivity contribution < 1.29 is 24.1 Å². The number of benzene rings is 2. The van der Waals surface area contributed by atoms with Crippen LogP contribution in [0.1, 0.15) is 24.1 Å². The number of nitrogens with one attached hydrogen (secondary N) is 4. The van der Waals surface area contributed by atoms with Crippen molar-refractivity contribution in [3.8, 4) is 5.75 Å². The van der Waals surface area contributed by atoms with E-state index in [0.717, 1.165) is 31.9 Å². The van der Waals surface area contributed by atoms with Crippen LogP contribution >= 0.6 is 0 Å². The molecule has 1 atom stereocenters. The van der Waals surface area contributed by atoms with Gasteiger partial charge in [0.25, 0.3) is 0 Å². The summed E-state index contributed by atoms with van der Waals surface area (Å²) >= 11 is 0. The van der Waals surface area contributed by atoms with E-state index in [1.54, 1.807) is 24.3 Å². The first-order chi connectivity index (χ1) is 15.0. The molecule has 0 aliphatic carbocycles. The Labute approximate surface area is 184 Å². The molecule has 31 heavy (non-hydrogen) atoms. The lowest BCUT2D eigenvalue weighted by atomic mass is 10.0. The number of piperazine rings is 1. The van der Waals surface area contributed by atoms with E-state index >= 15 is 0 Å². The topological polar surface area (TPSA) is 76.3 Å². The monoisotopic (exact) mass is 426 g/mol. The number of carbonyl (C=O) groups excluding carboxylic acids is 2. The molecule has 0 saturated carbocycles. The Morgan fingerprint density at radius 2 is 1.61 bits per heavy atom. The van der Waals surface area contributed by atoms with E-state index in [1.165, 1.54) is 20.9 Å². The molecule has 1 heterocycles. The van der Waals surface area contributed by atoms with E-state index in [0.29, 0.717) is 18.8 Å². The minimum absolute atomic E-state index is 0.121. The van der Waals surface area contributed by atoms with Gasteiger partial charge >= 0.3 is 11.8 Å². The molecular weight excluding hydrogens is 392 g/mol. The fraction of sp³-hybridized carbons (Fsp3) is 0.417. The van der Waals surface area contributed by atoms with Gasteiger partial charge in [-0.05, 0) is 38.1 Å². The van der Waals surface area contributed by atoms with Crippen LogP contribution < -0.4 is 25.2 Å². The Kier molecular flexibility index (Phi) is 8.03. The molecular formula is C24H34N4O3+2. The third-order valence-electron chi connectivity index (χ3n) is 5.81. The summed E-state index contributed by atoms with van der Waals surface area (Å²) in [6.45, 7) is 9.26. The zero-order chi connectivity index (χ0) is 22.2. The molecule has 1 aliphatic heterocycles. The van der Waals surface area contributed by atoms with Crippen molar-refractivity contribution in [2.45, 2.75) is 19.9 Å². The smallest absolute Gasteiger partial charge is 0.313 e. The first-order valence-electron chi connectivity index (χ1n) is 11.0. The highest BCUT2D eigenvalue weighted by Crippen LogP contribution is 2.15. The van der Waals surface area contributed by atoms with Gasteiger partial charge < -0.3 is 25.2 Å². The van der Waals surface area contributed by atoms with E-state index in [2.05, 4.69) is 48.9 Å². The van der Waals surface area contributed by atoms with Gasteiger partial charge in [-0.15, -0.1) is 0 Å². The van der Waals surface area contributed by atoms with Crippen LogP contribution in [0.25, 0.3) is 0 Å². The molecule has 1 aliphatic rings. The molecule has 1 saturated heterocycles. The van der Waals surface area contributed by atoms with E-state index in [9.17, 15) is 9.59 Å². The van der Waals surface area contributed by atoms with Crippen molar-refractivity contribution >= 4 is 17.5 Å². The van der Waals surface area contributed by atoms with Gasteiger partial charge in [0, 0.05) is 11.3 Å². The number of ether oxygens (including phenoxy) is 1. The standard InChI is InChI=1S/C24H32N4O3/c1-4-31-21-11-9-20(10-12-21)26-24(30)23(29)25-17-22(19-7-5-18(2)6-8-19)28-15-13-27(3)14-16-28/h5-12,22H,4,13-17H2,1-3H3,(H,25,29)(H,26,30)/p+2/t22-/m1/s1. The van der Waals surface area contributed by atoms with E-state index in [-0.39, 0.29) is 6.04 Å². The summed E-state index contributed by atoms with van der Waals surface area (Å²) in [4.78, 5) is 27.8. The molecule has 2 aromatic rings. The second kappa shape index (κ2) is 10.9. The zero-order valence-corrected chi connectivity index (χ0v) is 18.7. The highest BCUT2D eigenvalue weighted by Gasteiger charge is 2.30. The Bertz CT molecular complexity index is 859. The number of carbonyl (C=O) groups is 2. The van der Waals surface area contributed by atoms with Crippen LogP contribution in [0.2, 0.25) is 0 Å². The van der Waals surface area contributed by atoms with Gasteiger partial charge in [0.1, 0.15) is 38.0 Å². The van der Waals surface area contributed by atoms with Crippen LogP contribution in [0.15, 0.2) is 48.5 Å². The fourth-order valence-corrected chi connectivity index (χ4v) is 3.91. The Hall–Kier alpha value is -2.90. The molecule has 1 fully saturated rings. The summed E-state index contributed by atoms with van der Waals surface area (Å²) < 4.78 is 5.40. The molecule has 0 unspecified atom stereocenters. The molecule has 0 aromatic heterocycles. The maximum Gasteiger partial charge on any atom is 0.313 e. The van der Waals surface area contributed by atoms with E-state index < -0.39 is 11.8 Å². The maximum absolute atomic E-state index is 12.5. The van der Waals surface area contributed by atoms with Crippen LogP contribution in [0.4, 0.5) is 5.69 Å². The van der Waals surface area contributed by atoms with Gasteiger partial charge in [0.2, 0.25) is 0 Å². The average molecular weight is 427 g/mol. The summed E-state index contributed by atoms with van der Waals surface area (Å²) in [6, 6.07) is 15.6. The van der Waals surface area contributed by atoms with Crippen molar-refractivity contribution in [2.75, 3.05) is 51.7 Å². The van der Waals surface area contributed by atoms with Crippen molar-refractivity contribution in [2.24, 2.45) is 0 Å². The summed E-state index contributed by atoms with van der Waals surface area (Å²) in [7, 11) is 2.21. The largest absolute Gasteiger partial charge is 0.494 e. The molecule has 0 spiro atoms. The third-order valence-corrected chi connectivity index (χ3v) is 5.81. The van der Waals surface area contributed by atoms with Crippen molar-refractivity contribution in [3.05, 3.63) is 59.7 Å². The lowest BCUT2D eigenvalue weighted by Gasteiger charge is -2.33. The van der Waals surface area contributed by atoms with E-state index in [4.69, 9.17) is 4.74 Å². The minimum Gasteiger partial charge on any atom is -0.494 e. The van der Waals surface area contributed by atoms with Crippen molar-refractivity contribution in [3.63, 3.8) is 0 Å². The summed E-state index contributed by atoms with van der Waals surface area (Å²) in [5.74, 6) is -0.558. The first-order valence-corrected chi connectivity index (χ1v) is 11.0. The van der Waals surface area contributed by atoms with Gasteiger partial charge in [0.15, 0.2) is 0 Å². The number of quaternary nitrogens is 2. The number of hydrogen-bond acceptors (Lipinski definition) is 3. The molecule has 0 radical (unpaired) electrons. The van der Waals surface area contributed by atoms with Crippen molar-refractivity contribution in [1.82, 2.24) is 5.32 Å². The lowest BCUT2D eigenvalue weighted by Crippen LogP contribution is -3.27. The minimum atomic E-state index is -0.662. The number of anilines is 1. The molecule has 2 aromatic carbocycles. The van der Waals surface area contributed by atoms with Gasteiger partial charge in [-0.1, -0.05) is 29.8 Å². The maximum atomic E-state index is 12.5. The normalized spacial score (nSPS) is 19.3. The van der Waals surface area contributed by atoms with Crippen LogP contribution in [0, 0.1) is 6.92 Å². The van der Waals surface area contributed by atoms with Crippen LogP contribution in [0.5, 0.6) is 5.75 Å². The summed E-state index contributed by atoms with van der Waals surface area (Å²) in [6.07, 6.45) is 0. The summed E-state index contributed by atoms with van der Waals surface area (Å²) in [5.41, 5.74) is 2.96. The Balaban J connectivity index is 1.60. The molecule has 3 rings (SSSR count). The second-order valence-corrected chi connectivity index (χ2v) is 8.20.